The first-order valence-electron chi connectivity index (χ1n) is 6.04. The van der Waals surface area contributed by atoms with Crippen molar-refractivity contribution in [1.29, 1.82) is 0 Å². The van der Waals surface area contributed by atoms with Crippen LogP contribution in [0.5, 0.6) is 0 Å². The van der Waals surface area contributed by atoms with Crippen LogP contribution >= 0.6 is 0 Å². The number of nitrogens with zero attached hydrogens (tertiary/aromatic N) is 3. The summed E-state index contributed by atoms with van der Waals surface area (Å²) in [5.41, 5.74) is 4.10. The summed E-state index contributed by atoms with van der Waals surface area (Å²) in [5.74, 6) is 0.214. The van der Waals surface area contributed by atoms with E-state index in [0.717, 1.165) is 16.0 Å². The number of carbonyl (C=O) groups is 1. The van der Waals surface area contributed by atoms with Crippen LogP contribution in [0.4, 0.5) is 10.5 Å². The number of guanidine groups is 1. The molecule has 9 nitrogen and oxygen atoms in total. The topological polar surface area (TPSA) is 109 Å². The van der Waals surface area contributed by atoms with E-state index in [1.807, 2.05) is 26.0 Å². The first kappa shape index (κ1) is 16.2. The van der Waals surface area contributed by atoms with Crippen LogP contribution in [0.3, 0.4) is 0 Å². The fraction of sp³-hybridized carbons (Fsp3) is 0.333. The third-order valence-electron chi connectivity index (χ3n) is 2.65. The highest BCUT2D eigenvalue weighted by Crippen LogP contribution is 2.21. The van der Waals surface area contributed by atoms with Gasteiger partial charge in [-0.05, 0) is 25.5 Å². The molecule has 21 heavy (non-hydrogen) atoms. The average Bonchev–Trinajstić information content (AvgIpc) is 2.43. The second-order valence-corrected chi connectivity index (χ2v) is 4.14. The van der Waals surface area contributed by atoms with E-state index in [9.17, 15) is 14.9 Å². The summed E-state index contributed by atoms with van der Waals surface area (Å²) in [6.07, 6.45) is 0. The molecule has 0 saturated carbocycles. The lowest BCUT2D eigenvalue weighted by molar-refractivity contribution is -0.771. The van der Waals surface area contributed by atoms with Crippen molar-refractivity contribution in [2.45, 2.75) is 13.8 Å². The Hall–Kier alpha value is -2.84. The standard InChI is InChI=1S/C12H17N5O4/c1-8-5-6-10(9(2)7-8)16(11(13-3)14-4)12(18)15-21-17(19)20/h5-7H,1-4H3,(H,13,14)(H,15,18). The molecule has 0 atom stereocenters. The molecule has 1 aromatic rings. The van der Waals surface area contributed by atoms with Crippen LogP contribution in [0.15, 0.2) is 23.2 Å². The number of amides is 2. The molecule has 0 unspecified atom stereocenters. The van der Waals surface area contributed by atoms with Crippen molar-refractivity contribution < 1.29 is 14.8 Å². The number of rotatable bonds is 3. The minimum Gasteiger partial charge on any atom is -0.359 e. The predicted octanol–water partition coefficient (Wildman–Crippen LogP) is 1.15. The molecule has 0 aliphatic rings. The monoisotopic (exact) mass is 295 g/mol. The van der Waals surface area contributed by atoms with Crippen molar-refractivity contribution in [2.75, 3.05) is 19.0 Å². The molecule has 1 aromatic carbocycles. The number of aliphatic imine (C=N–C) groups is 1. The lowest BCUT2D eigenvalue weighted by Gasteiger charge is -2.24. The molecule has 9 heteroatoms. The van der Waals surface area contributed by atoms with E-state index in [4.69, 9.17) is 0 Å². The normalized spacial score (nSPS) is 10.8. The summed E-state index contributed by atoms with van der Waals surface area (Å²) in [5, 5.41) is 11.8. The molecule has 0 bridgehead atoms. The van der Waals surface area contributed by atoms with Crippen LogP contribution in [0.1, 0.15) is 11.1 Å². The molecule has 1 rings (SSSR count). The fourth-order valence-corrected chi connectivity index (χ4v) is 1.82. The van der Waals surface area contributed by atoms with Crippen LogP contribution in [-0.4, -0.2) is 31.2 Å². The molecule has 0 aliphatic heterocycles. The van der Waals surface area contributed by atoms with Crippen LogP contribution in [0, 0.1) is 24.0 Å². The van der Waals surface area contributed by atoms with E-state index >= 15 is 0 Å². The number of carbonyl (C=O) groups excluding carboxylic acids is 1. The molecule has 2 amide bonds. The summed E-state index contributed by atoms with van der Waals surface area (Å²) in [7, 11) is 3.07. The van der Waals surface area contributed by atoms with Crippen molar-refractivity contribution in [3.63, 3.8) is 0 Å². The van der Waals surface area contributed by atoms with Gasteiger partial charge in [0.25, 0.3) is 0 Å². The van der Waals surface area contributed by atoms with Gasteiger partial charge in [-0.2, -0.15) is 10.4 Å². The summed E-state index contributed by atoms with van der Waals surface area (Å²) < 4.78 is 0. The van der Waals surface area contributed by atoms with Gasteiger partial charge in [-0.15, -0.1) is 10.1 Å². The zero-order valence-corrected chi connectivity index (χ0v) is 12.2. The zero-order valence-electron chi connectivity index (χ0n) is 12.2. The Labute approximate surface area is 121 Å². The summed E-state index contributed by atoms with van der Waals surface area (Å²) in [4.78, 5) is 31.3. The van der Waals surface area contributed by atoms with Gasteiger partial charge in [0.2, 0.25) is 5.96 Å². The van der Waals surface area contributed by atoms with Crippen LogP contribution < -0.4 is 15.7 Å². The lowest BCUT2D eigenvalue weighted by Crippen LogP contribution is -2.49. The number of anilines is 1. The Morgan fingerprint density at radius 1 is 1.43 bits per heavy atom. The molecule has 0 radical (unpaired) electrons. The number of aryl methyl sites for hydroxylation is 2. The first-order chi connectivity index (χ1) is 9.90. The van der Waals surface area contributed by atoms with Gasteiger partial charge < -0.3 is 5.32 Å². The van der Waals surface area contributed by atoms with Gasteiger partial charge >= 0.3 is 11.1 Å². The van der Waals surface area contributed by atoms with Gasteiger partial charge in [-0.3, -0.25) is 4.99 Å². The highest BCUT2D eigenvalue weighted by molar-refractivity contribution is 6.15. The number of hydrogen-bond acceptors (Lipinski definition) is 5. The maximum Gasteiger partial charge on any atom is 0.352 e. The first-order valence-corrected chi connectivity index (χ1v) is 6.04. The van der Waals surface area contributed by atoms with Crippen LogP contribution in [0.25, 0.3) is 0 Å². The molecular weight excluding hydrogens is 278 g/mol. The van der Waals surface area contributed by atoms with Crippen molar-refractivity contribution in [2.24, 2.45) is 4.99 Å². The molecule has 0 spiro atoms. The quantitative estimate of drug-likeness (QED) is 0.376. The number of hydrogen-bond donors (Lipinski definition) is 2. The van der Waals surface area contributed by atoms with Crippen molar-refractivity contribution in [1.82, 2.24) is 10.8 Å². The molecule has 0 fully saturated rings. The van der Waals surface area contributed by atoms with E-state index < -0.39 is 11.1 Å². The molecule has 0 aromatic heterocycles. The van der Waals surface area contributed by atoms with E-state index in [1.54, 1.807) is 18.6 Å². The molecule has 0 heterocycles. The van der Waals surface area contributed by atoms with Crippen LogP contribution in [0.2, 0.25) is 0 Å². The minimum absolute atomic E-state index is 0.214. The Morgan fingerprint density at radius 2 is 2.10 bits per heavy atom. The summed E-state index contributed by atoms with van der Waals surface area (Å²) in [6.45, 7) is 3.74. The lowest BCUT2D eigenvalue weighted by atomic mass is 10.1. The number of hydroxylamine groups is 1. The third kappa shape index (κ3) is 4.06. The van der Waals surface area contributed by atoms with E-state index in [0.29, 0.717) is 5.69 Å². The fourth-order valence-electron chi connectivity index (χ4n) is 1.82. The Balaban J connectivity index is 3.19. The Morgan fingerprint density at radius 3 is 2.57 bits per heavy atom. The molecule has 2 N–H and O–H groups in total. The average molecular weight is 295 g/mol. The van der Waals surface area contributed by atoms with Gasteiger partial charge in [0.15, 0.2) is 0 Å². The SMILES string of the molecule is CN=C(NC)N(C(=O)NO[N+](=O)[O-])c1ccc(C)cc1C. The highest BCUT2D eigenvalue weighted by atomic mass is 17.0. The smallest absolute Gasteiger partial charge is 0.352 e. The van der Waals surface area contributed by atoms with E-state index in [-0.39, 0.29) is 5.96 Å². The third-order valence-corrected chi connectivity index (χ3v) is 2.65. The van der Waals surface area contributed by atoms with E-state index in [1.165, 1.54) is 7.05 Å². The van der Waals surface area contributed by atoms with E-state index in [2.05, 4.69) is 15.2 Å². The summed E-state index contributed by atoms with van der Waals surface area (Å²) in [6, 6.07) is 4.58. The maximum absolute atomic E-state index is 12.1. The Bertz CT molecular complexity index is 573. The number of nitrogens with one attached hydrogen (secondary N) is 2. The molecule has 0 saturated heterocycles. The highest BCUT2D eigenvalue weighted by Gasteiger charge is 2.23. The molecule has 0 aliphatic carbocycles. The van der Waals surface area contributed by atoms with Gasteiger partial charge in [-0.1, -0.05) is 17.7 Å². The van der Waals surface area contributed by atoms with Crippen molar-refractivity contribution in [3.05, 3.63) is 39.4 Å². The number of urea groups is 1. The van der Waals surface area contributed by atoms with Gasteiger partial charge in [0.05, 0.1) is 5.69 Å². The van der Waals surface area contributed by atoms with Gasteiger partial charge in [-0.25, -0.2) is 9.69 Å². The zero-order chi connectivity index (χ0) is 16.0. The second-order valence-electron chi connectivity index (χ2n) is 4.14. The molecule has 114 valence electrons. The van der Waals surface area contributed by atoms with Crippen LogP contribution in [-0.2, 0) is 4.94 Å². The Kier molecular flexibility index (Phi) is 5.47. The van der Waals surface area contributed by atoms with Gasteiger partial charge in [0, 0.05) is 14.1 Å². The van der Waals surface area contributed by atoms with Gasteiger partial charge in [0.1, 0.15) is 0 Å². The largest absolute Gasteiger partial charge is 0.359 e. The maximum atomic E-state index is 12.1. The van der Waals surface area contributed by atoms with Crippen molar-refractivity contribution in [3.8, 4) is 0 Å². The predicted molar refractivity (Wildman–Crippen MR) is 77.4 cm³/mol. The van der Waals surface area contributed by atoms with Crippen molar-refractivity contribution >= 4 is 17.7 Å². The second kappa shape index (κ2) is 7.08. The molecular formula is C12H17N5O4. The summed E-state index contributed by atoms with van der Waals surface area (Å²) >= 11 is 0. The number of benzene rings is 1. The minimum atomic E-state index is -1.11.